The molecule has 0 bridgehead atoms. The second-order valence-electron chi connectivity index (χ2n) is 8.73. The third kappa shape index (κ3) is 7.55. The lowest BCUT2D eigenvalue weighted by Gasteiger charge is -2.34. The van der Waals surface area contributed by atoms with Gasteiger partial charge in [-0.3, -0.25) is 24.6 Å². The van der Waals surface area contributed by atoms with Crippen LogP contribution in [0.2, 0.25) is 0 Å². The third-order valence-corrected chi connectivity index (χ3v) is 6.04. The maximum Gasteiger partial charge on any atom is 0.267 e. The number of hydrogen-bond acceptors (Lipinski definition) is 6. The molecule has 2 heterocycles. The molecule has 1 aliphatic rings. The summed E-state index contributed by atoms with van der Waals surface area (Å²) in [6.07, 6.45) is 5.83. The summed E-state index contributed by atoms with van der Waals surface area (Å²) in [7, 11) is 0. The standard InChI is InChI=1S/C29H30N4O3/c34-28(14-12-26-10-5-11-27(30-26)13-15-29(35)31-36)25-9-4-8-24(20-25)22-33-18-16-32(17-19-33)21-23-6-2-1-3-7-23/h1-15,20,36H,16-19,21-22H2,(H,31,35). The van der Waals surface area contributed by atoms with E-state index in [1.54, 1.807) is 24.3 Å². The monoisotopic (exact) mass is 482 g/mol. The number of piperazine rings is 1. The molecule has 1 fully saturated rings. The van der Waals surface area contributed by atoms with Crippen molar-refractivity contribution in [1.29, 1.82) is 0 Å². The minimum Gasteiger partial charge on any atom is -0.297 e. The Hall–Kier alpha value is -3.91. The molecule has 0 radical (unpaired) electrons. The lowest BCUT2D eigenvalue weighted by molar-refractivity contribution is -0.124. The Bertz CT molecular complexity index is 1230. The topological polar surface area (TPSA) is 85.8 Å². The molecule has 184 valence electrons. The van der Waals surface area contributed by atoms with E-state index in [0.717, 1.165) is 44.8 Å². The summed E-state index contributed by atoms with van der Waals surface area (Å²) in [4.78, 5) is 33.2. The molecule has 2 aromatic carbocycles. The SMILES string of the molecule is O=C(C=Cc1cccc(C=CC(=O)c2cccc(CN3CCN(Cc4ccccc4)CC3)c2)n1)NO. The van der Waals surface area contributed by atoms with Gasteiger partial charge >= 0.3 is 0 Å². The number of nitrogens with zero attached hydrogens (tertiary/aromatic N) is 3. The van der Waals surface area contributed by atoms with E-state index < -0.39 is 5.91 Å². The van der Waals surface area contributed by atoms with Gasteiger partial charge in [-0.05, 0) is 47.6 Å². The first kappa shape index (κ1) is 25.2. The van der Waals surface area contributed by atoms with Crippen LogP contribution in [0.5, 0.6) is 0 Å². The summed E-state index contributed by atoms with van der Waals surface area (Å²) < 4.78 is 0. The smallest absolute Gasteiger partial charge is 0.267 e. The fraction of sp³-hybridized carbons (Fsp3) is 0.207. The maximum atomic E-state index is 12.8. The molecule has 1 aromatic heterocycles. The predicted molar refractivity (Wildman–Crippen MR) is 140 cm³/mol. The number of aromatic nitrogens is 1. The van der Waals surface area contributed by atoms with Crippen molar-refractivity contribution < 1.29 is 14.8 Å². The van der Waals surface area contributed by atoms with E-state index in [1.165, 1.54) is 29.3 Å². The van der Waals surface area contributed by atoms with E-state index in [9.17, 15) is 9.59 Å². The number of carbonyl (C=O) groups is 2. The molecular formula is C29H30N4O3. The van der Waals surface area contributed by atoms with Gasteiger partial charge in [0, 0.05) is 50.9 Å². The number of hydrogen-bond donors (Lipinski definition) is 2. The van der Waals surface area contributed by atoms with Crippen molar-refractivity contribution >= 4 is 23.8 Å². The molecule has 3 aromatic rings. The molecular weight excluding hydrogens is 452 g/mol. The first-order chi connectivity index (χ1) is 17.6. The predicted octanol–water partition coefficient (Wildman–Crippen LogP) is 3.81. The summed E-state index contributed by atoms with van der Waals surface area (Å²) in [6.45, 7) is 5.87. The number of nitrogens with one attached hydrogen (secondary N) is 1. The van der Waals surface area contributed by atoms with Gasteiger partial charge in [0.2, 0.25) is 0 Å². The van der Waals surface area contributed by atoms with Crippen LogP contribution in [0.4, 0.5) is 0 Å². The van der Waals surface area contributed by atoms with E-state index in [1.807, 2.05) is 24.3 Å². The molecule has 0 unspecified atom stereocenters. The van der Waals surface area contributed by atoms with Crippen molar-refractivity contribution in [2.45, 2.75) is 13.1 Å². The largest absolute Gasteiger partial charge is 0.297 e. The van der Waals surface area contributed by atoms with Gasteiger partial charge in [-0.25, -0.2) is 10.5 Å². The summed E-state index contributed by atoms with van der Waals surface area (Å²) in [5.41, 5.74) is 5.78. The van der Waals surface area contributed by atoms with E-state index in [-0.39, 0.29) is 5.78 Å². The molecule has 0 aliphatic carbocycles. The van der Waals surface area contributed by atoms with Gasteiger partial charge < -0.3 is 0 Å². The zero-order chi connectivity index (χ0) is 25.2. The third-order valence-electron chi connectivity index (χ3n) is 6.04. The molecule has 7 heteroatoms. The molecule has 1 saturated heterocycles. The Kier molecular flexibility index (Phi) is 8.88. The highest BCUT2D eigenvalue weighted by molar-refractivity contribution is 6.06. The van der Waals surface area contributed by atoms with Crippen LogP contribution in [0.3, 0.4) is 0 Å². The second-order valence-corrected chi connectivity index (χ2v) is 8.73. The number of ketones is 1. The average Bonchev–Trinajstić information content (AvgIpc) is 2.92. The number of rotatable bonds is 9. The first-order valence-corrected chi connectivity index (χ1v) is 12.0. The lowest BCUT2D eigenvalue weighted by atomic mass is 10.1. The molecule has 4 rings (SSSR count). The second kappa shape index (κ2) is 12.7. The molecule has 0 saturated carbocycles. The zero-order valence-corrected chi connectivity index (χ0v) is 20.1. The van der Waals surface area contributed by atoms with E-state index in [0.29, 0.717) is 17.0 Å². The number of allylic oxidation sites excluding steroid dienone is 1. The van der Waals surface area contributed by atoms with Crippen LogP contribution in [-0.4, -0.2) is 57.9 Å². The Labute approximate surface area is 211 Å². The summed E-state index contributed by atoms with van der Waals surface area (Å²) in [6, 6.07) is 23.6. The fourth-order valence-corrected chi connectivity index (χ4v) is 4.14. The highest BCUT2D eigenvalue weighted by atomic mass is 16.5. The Balaban J connectivity index is 1.31. The lowest BCUT2D eigenvalue weighted by Crippen LogP contribution is -2.45. The van der Waals surface area contributed by atoms with Crippen LogP contribution < -0.4 is 5.48 Å². The highest BCUT2D eigenvalue weighted by Crippen LogP contribution is 2.14. The Morgan fingerprint density at radius 3 is 2.03 bits per heavy atom. The van der Waals surface area contributed by atoms with Crippen LogP contribution >= 0.6 is 0 Å². The van der Waals surface area contributed by atoms with Gasteiger partial charge in [-0.15, -0.1) is 0 Å². The molecule has 0 atom stereocenters. The van der Waals surface area contributed by atoms with Crippen LogP contribution in [0.25, 0.3) is 12.2 Å². The quantitative estimate of drug-likeness (QED) is 0.209. The van der Waals surface area contributed by atoms with Gasteiger partial charge in [0.15, 0.2) is 5.78 Å². The van der Waals surface area contributed by atoms with Crippen molar-refractivity contribution in [2.24, 2.45) is 0 Å². The zero-order valence-electron chi connectivity index (χ0n) is 20.1. The minimum atomic E-state index is -0.637. The van der Waals surface area contributed by atoms with Gasteiger partial charge in [-0.2, -0.15) is 0 Å². The molecule has 7 nitrogen and oxygen atoms in total. The normalized spacial score (nSPS) is 14.9. The Morgan fingerprint density at radius 1 is 0.778 bits per heavy atom. The maximum absolute atomic E-state index is 12.8. The summed E-state index contributed by atoms with van der Waals surface area (Å²) >= 11 is 0. The van der Waals surface area contributed by atoms with Gasteiger partial charge in [0.25, 0.3) is 5.91 Å². The molecule has 0 spiro atoms. The van der Waals surface area contributed by atoms with Crippen molar-refractivity contribution in [3.05, 3.63) is 113 Å². The van der Waals surface area contributed by atoms with Crippen molar-refractivity contribution in [1.82, 2.24) is 20.3 Å². The van der Waals surface area contributed by atoms with E-state index in [2.05, 4.69) is 45.1 Å². The highest BCUT2D eigenvalue weighted by Gasteiger charge is 2.17. The van der Waals surface area contributed by atoms with Gasteiger partial charge in [0.05, 0.1) is 11.4 Å². The number of amides is 1. The van der Waals surface area contributed by atoms with Gasteiger partial charge in [0.1, 0.15) is 0 Å². The van der Waals surface area contributed by atoms with Crippen LogP contribution in [0.15, 0.2) is 84.9 Å². The minimum absolute atomic E-state index is 0.0908. The van der Waals surface area contributed by atoms with Crippen molar-refractivity contribution in [2.75, 3.05) is 26.2 Å². The van der Waals surface area contributed by atoms with Crippen molar-refractivity contribution in [3.8, 4) is 0 Å². The molecule has 2 N–H and O–H groups in total. The van der Waals surface area contributed by atoms with Crippen LogP contribution in [-0.2, 0) is 17.9 Å². The van der Waals surface area contributed by atoms with E-state index in [4.69, 9.17) is 5.21 Å². The van der Waals surface area contributed by atoms with Crippen LogP contribution in [0.1, 0.15) is 32.9 Å². The van der Waals surface area contributed by atoms with Crippen LogP contribution in [0, 0.1) is 0 Å². The number of carbonyl (C=O) groups excluding carboxylic acids is 2. The number of hydroxylamine groups is 1. The number of benzene rings is 2. The summed E-state index contributed by atoms with van der Waals surface area (Å²) in [5, 5.41) is 8.57. The molecule has 1 amide bonds. The summed E-state index contributed by atoms with van der Waals surface area (Å²) in [5.74, 6) is -0.728. The molecule has 1 aliphatic heterocycles. The van der Waals surface area contributed by atoms with E-state index >= 15 is 0 Å². The first-order valence-electron chi connectivity index (χ1n) is 12.0. The number of pyridine rings is 1. The average molecular weight is 483 g/mol. The van der Waals surface area contributed by atoms with Gasteiger partial charge in [-0.1, -0.05) is 54.6 Å². The Morgan fingerprint density at radius 2 is 1.36 bits per heavy atom. The fourth-order valence-electron chi connectivity index (χ4n) is 4.14. The van der Waals surface area contributed by atoms with Crippen molar-refractivity contribution in [3.63, 3.8) is 0 Å². The molecule has 36 heavy (non-hydrogen) atoms.